The maximum absolute atomic E-state index is 13.2. The van der Waals surface area contributed by atoms with Gasteiger partial charge in [0.1, 0.15) is 0 Å². The topological polar surface area (TPSA) is 38.8 Å². The summed E-state index contributed by atoms with van der Waals surface area (Å²) in [4.78, 5) is 14.2. The molecule has 1 aromatic carbocycles. The second-order valence-electron chi connectivity index (χ2n) is 6.05. The lowest BCUT2D eigenvalue weighted by Gasteiger charge is -2.57. The molecule has 2 bridgehead atoms. The third-order valence-corrected chi connectivity index (χ3v) is 5.22. The van der Waals surface area contributed by atoms with E-state index in [1.165, 1.54) is 19.2 Å². The van der Waals surface area contributed by atoms with Gasteiger partial charge in [-0.1, -0.05) is 6.07 Å². The van der Waals surface area contributed by atoms with Crippen molar-refractivity contribution < 1.29 is 26.6 Å². The number of carbonyl (C=O) groups excluding carboxylic acids is 1. The summed E-state index contributed by atoms with van der Waals surface area (Å²) >= 11 is 0. The van der Waals surface area contributed by atoms with E-state index in [0.29, 0.717) is 0 Å². The number of Topliss-reactive ketones (excluding diaryl/α,β-unsaturated/α-hetero) is 1. The van der Waals surface area contributed by atoms with Crippen molar-refractivity contribution in [1.29, 1.82) is 0 Å². The van der Waals surface area contributed by atoms with Crippen molar-refractivity contribution in [2.24, 2.45) is 5.89 Å². The fourth-order valence-electron chi connectivity index (χ4n) is 4.27. The Morgan fingerprint density at radius 3 is 3.32 bits per heavy atom. The third kappa shape index (κ3) is 1.27. The van der Waals surface area contributed by atoms with Gasteiger partial charge in [-0.2, -0.15) is 0 Å². The van der Waals surface area contributed by atoms with Gasteiger partial charge in [0.15, 0.2) is 23.4 Å². The molecule has 0 N–H and O–H groups in total. The molecule has 0 amide bonds. The average Bonchev–Trinajstić information content (AvgIpc) is 2.90. The van der Waals surface area contributed by atoms with Crippen molar-refractivity contribution in [1.82, 2.24) is 4.90 Å². The van der Waals surface area contributed by atoms with E-state index in [2.05, 4.69) is 0 Å². The van der Waals surface area contributed by atoms with Crippen LogP contribution < -0.4 is 9.47 Å². The quantitative estimate of drug-likeness (QED) is 0.795. The number of likely N-dealkylation sites (tertiary alicyclic amines) is 1. The Kier molecular flexibility index (Phi) is 1.27. The fraction of sp³-hybridized carbons (Fsp3) is 0.611. The Balaban J connectivity index is 1.95. The zero-order valence-electron chi connectivity index (χ0n) is 21.0. The molecule has 2 aliphatic carbocycles. The number of carbonyl (C=O) groups is 1. The standard InChI is InChI=1S/C18H21NO3/c1-19-8-7-18-11-4-5-13(20)17(18)22-16-14(21-2)6-3-10(15(16)18)9-12(11)19/h3,6,11-12,17H,4-5,7-9H2,1-2H3/t11-,12+,17?,18-/m0/s1/i1D3,5D2,9D2,11D,17D. The van der Waals surface area contributed by atoms with Gasteiger partial charge >= 0.3 is 0 Å². The predicted molar refractivity (Wildman–Crippen MR) is 81.6 cm³/mol. The van der Waals surface area contributed by atoms with E-state index >= 15 is 0 Å². The van der Waals surface area contributed by atoms with E-state index in [1.807, 2.05) is 0 Å². The molecule has 4 aliphatic rings. The molecule has 22 heavy (non-hydrogen) atoms. The van der Waals surface area contributed by atoms with Gasteiger partial charge in [0.2, 0.25) is 0 Å². The highest BCUT2D eigenvalue weighted by Gasteiger charge is 2.65. The summed E-state index contributed by atoms with van der Waals surface area (Å²) in [5, 5.41) is 0. The molecule has 1 unspecified atom stereocenters. The zero-order valence-corrected chi connectivity index (χ0v) is 12.0. The molecule has 0 aromatic heterocycles. The van der Waals surface area contributed by atoms with Gasteiger partial charge in [0.05, 0.1) is 8.48 Å². The van der Waals surface area contributed by atoms with Crippen LogP contribution in [0, 0.1) is 5.89 Å². The van der Waals surface area contributed by atoms with Gasteiger partial charge in [-0.3, -0.25) is 4.79 Å². The van der Waals surface area contributed by atoms with Crippen LogP contribution in [0.25, 0.3) is 0 Å². The summed E-state index contributed by atoms with van der Waals surface area (Å²) in [5.41, 5.74) is -1.53. The molecular weight excluding hydrogens is 278 g/mol. The third-order valence-electron chi connectivity index (χ3n) is 5.22. The SMILES string of the molecule is [2H]C1([2H])C[C@@]2([2H])[C@@H]3N(C([2H])([2H])[2H])CC[C@@]24c2c(ccc(OC)c2OC4([2H])C1=O)C3([2H])[2H]. The summed E-state index contributed by atoms with van der Waals surface area (Å²) in [5.74, 6) is -3.19. The summed E-state index contributed by atoms with van der Waals surface area (Å²) in [6.07, 6.45) is -8.49. The van der Waals surface area contributed by atoms with Crippen LogP contribution in [0.3, 0.4) is 0 Å². The zero-order chi connectivity index (χ0) is 23.0. The molecule has 1 saturated heterocycles. The van der Waals surface area contributed by atoms with Crippen molar-refractivity contribution in [3.63, 3.8) is 0 Å². The summed E-state index contributed by atoms with van der Waals surface area (Å²) in [7, 11) is 1.35. The number of likely N-dealkylation sites (N-methyl/N-ethyl adjacent to an activating group) is 1. The lowest BCUT2D eigenvalue weighted by Crippen LogP contribution is -2.65. The Morgan fingerprint density at radius 1 is 1.59 bits per heavy atom. The summed E-state index contributed by atoms with van der Waals surface area (Å²) < 4.78 is 88.1. The molecule has 1 aromatic rings. The Hall–Kier alpha value is -1.55. The van der Waals surface area contributed by atoms with Crippen LogP contribution in [0.4, 0.5) is 0 Å². The second-order valence-corrected chi connectivity index (χ2v) is 6.05. The lowest BCUT2D eigenvalue weighted by molar-refractivity contribution is -0.138. The molecule has 116 valence electrons. The van der Waals surface area contributed by atoms with Crippen molar-refractivity contribution in [2.75, 3.05) is 20.6 Å². The fourth-order valence-corrected chi connectivity index (χ4v) is 4.27. The molecule has 2 aliphatic heterocycles. The van der Waals surface area contributed by atoms with Gasteiger partial charge in [-0.05, 0) is 50.3 Å². The summed E-state index contributed by atoms with van der Waals surface area (Å²) in [6, 6.07) is 1.23. The molecule has 4 nitrogen and oxygen atoms in total. The normalized spacial score (nSPS) is 56.3. The van der Waals surface area contributed by atoms with Gasteiger partial charge in [0, 0.05) is 34.4 Å². The van der Waals surface area contributed by atoms with E-state index in [9.17, 15) is 6.17 Å². The van der Waals surface area contributed by atoms with E-state index in [4.69, 9.17) is 20.4 Å². The van der Waals surface area contributed by atoms with E-state index in [0.717, 1.165) is 4.90 Å². The van der Waals surface area contributed by atoms with Crippen LogP contribution in [-0.4, -0.2) is 43.4 Å². The first-order chi connectivity index (χ1) is 14.1. The lowest BCUT2D eigenvalue weighted by atomic mass is 9.52. The molecule has 4 heteroatoms. The van der Waals surface area contributed by atoms with Crippen molar-refractivity contribution in [3.05, 3.63) is 23.3 Å². The van der Waals surface area contributed by atoms with Crippen LogP contribution in [0.2, 0.25) is 0 Å². The van der Waals surface area contributed by atoms with Gasteiger partial charge in [-0.15, -0.1) is 0 Å². The molecule has 2 heterocycles. The van der Waals surface area contributed by atoms with Crippen molar-refractivity contribution >= 4 is 5.78 Å². The molecule has 2 fully saturated rings. The number of rotatable bonds is 1. The van der Waals surface area contributed by atoms with Crippen LogP contribution in [0.1, 0.15) is 42.7 Å². The number of piperidine rings is 1. The Morgan fingerprint density at radius 2 is 2.50 bits per heavy atom. The first-order valence-electron chi connectivity index (χ1n) is 11.8. The average molecular weight is 308 g/mol. The molecule has 4 atom stereocenters. The number of methoxy groups -OCH3 is 1. The minimum Gasteiger partial charge on any atom is -0.493 e. The monoisotopic (exact) mass is 308 g/mol. The largest absolute Gasteiger partial charge is 0.493 e. The number of hydrogen-bond acceptors (Lipinski definition) is 4. The van der Waals surface area contributed by atoms with Crippen molar-refractivity contribution in [2.45, 2.75) is 43.1 Å². The summed E-state index contributed by atoms with van der Waals surface area (Å²) in [6.45, 7) is -2.95. The molecular formula is C18H21NO3. The molecule has 1 saturated carbocycles. The van der Waals surface area contributed by atoms with E-state index in [-0.39, 0.29) is 35.6 Å². The maximum Gasteiger partial charge on any atom is 0.174 e. The van der Waals surface area contributed by atoms with Crippen LogP contribution >= 0.6 is 0 Å². The predicted octanol–water partition coefficient (Wildman–Crippen LogP) is 1.93. The highest BCUT2D eigenvalue weighted by molar-refractivity contribution is 5.89. The van der Waals surface area contributed by atoms with Gasteiger partial charge < -0.3 is 14.4 Å². The second kappa shape index (κ2) is 4.05. The molecule has 5 rings (SSSR count). The van der Waals surface area contributed by atoms with E-state index < -0.39 is 55.4 Å². The Labute approximate surface area is 143 Å². The van der Waals surface area contributed by atoms with Crippen LogP contribution in [0.5, 0.6) is 11.5 Å². The molecule has 0 radical (unpaired) electrons. The minimum absolute atomic E-state index is 0.0395. The number of ether oxygens (including phenoxy) is 2. The molecule has 1 spiro atoms. The number of benzene rings is 1. The first-order valence-corrected chi connectivity index (χ1v) is 7.32. The van der Waals surface area contributed by atoms with Crippen molar-refractivity contribution in [3.8, 4) is 11.5 Å². The highest BCUT2D eigenvalue weighted by atomic mass is 16.5. The first kappa shape index (κ1) is 6.91. The minimum atomic E-state index is -2.75. The number of hydrogen-bond donors (Lipinski definition) is 0. The van der Waals surface area contributed by atoms with Gasteiger partial charge in [0.25, 0.3) is 0 Å². The smallest absolute Gasteiger partial charge is 0.174 e. The van der Waals surface area contributed by atoms with Crippen LogP contribution in [-0.2, 0) is 16.6 Å². The highest BCUT2D eigenvalue weighted by Crippen LogP contribution is 2.62. The van der Waals surface area contributed by atoms with E-state index in [1.54, 1.807) is 0 Å². The Bertz CT molecular complexity index is 1030. The number of nitrogens with zero attached hydrogens (tertiary/aromatic N) is 1. The van der Waals surface area contributed by atoms with Gasteiger partial charge in [-0.25, -0.2) is 0 Å². The number of ketones is 1. The maximum atomic E-state index is 13.2. The van der Waals surface area contributed by atoms with Crippen LogP contribution in [0.15, 0.2) is 12.1 Å².